The van der Waals surface area contributed by atoms with Gasteiger partial charge in [0.25, 0.3) is 0 Å². The van der Waals surface area contributed by atoms with E-state index in [0.717, 1.165) is 18.8 Å². The number of hydrogen-bond donors (Lipinski definition) is 1. The average Bonchev–Trinajstić information content (AvgIpc) is 2.24. The molecular weight excluding hydrogens is 243 g/mol. The van der Waals surface area contributed by atoms with E-state index in [1.807, 2.05) is 6.07 Å². The number of benzene rings is 1. The van der Waals surface area contributed by atoms with Crippen molar-refractivity contribution in [2.45, 2.75) is 45.4 Å². The van der Waals surface area contributed by atoms with Crippen molar-refractivity contribution in [2.75, 3.05) is 18.0 Å². The summed E-state index contributed by atoms with van der Waals surface area (Å²) in [6.45, 7) is 9.90. The van der Waals surface area contributed by atoms with Crippen LogP contribution in [-0.2, 0) is 11.3 Å². The van der Waals surface area contributed by atoms with Crippen LogP contribution < -0.4 is 10.6 Å². The van der Waals surface area contributed by atoms with Crippen LogP contribution in [0.5, 0.6) is 0 Å². The van der Waals surface area contributed by atoms with Crippen LogP contribution >= 0.6 is 0 Å². The topological polar surface area (TPSA) is 38.5 Å². The highest BCUT2D eigenvalue weighted by Crippen LogP contribution is 2.33. The Hall–Kier alpha value is -1.13. The number of nitrogens with zero attached hydrogens (tertiary/aromatic N) is 1. The maximum Gasteiger partial charge on any atom is 0.129 e. The van der Waals surface area contributed by atoms with Gasteiger partial charge in [-0.2, -0.15) is 0 Å². The molecule has 1 saturated heterocycles. The third-order valence-corrected chi connectivity index (χ3v) is 3.33. The Balaban J connectivity index is 2.39. The molecule has 3 nitrogen and oxygen atoms in total. The largest absolute Gasteiger partial charge is 0.366 e. The van der Waals surface area contributed by atoms with Gasteiger partial charge in [0.05, 0.1) is 11.2 Å². The summed E-state index contributed by atoms with van der Waals surface area (Å²) in [6, 6.07) is 5.13. The zero-order valence-electron chi connectivity index (χ0n) is 12.2. The van der Waals surface area contributed by atoms with Gasteiger partial charge in [-0.1, -0.05) is 6.07 Å². The minimum absolute atomic E-state index is 0.209. The van der Waals surface area contributed by atoms with E-state index in [4.69, 9.17) is 10.5 Å². The SMILES string of the molecule is CC1(C)CN(c2cccc(F)c2CN)CC(C)(C)O1. The molecule has 1 fully saturated rings. The molecule has 0 bridgehead atoms. The van der Waals surface area contributed by atoms with Crippen molar-refractivity contribution < 1.29 is 9.13 Å². The van der Waals surface area contributed by atoms with Crippen molar-refractivity contribution in [1.82, 2.24) is 0 Å². The van der Waals surface area contributed by atoms with E-state index in [0.29, 0.717) is 5.56 Å². The summed E-state index contributed by atoms with van der Waals surface area (Å²) < 4.78 is 19.9. The summed E-state index contributed by atoms with van der Waals surface area (Å²) in [4.78, 5) is 2.18. The molecule has 19 heavy (non-hydrogen) atoms. The molecule has 0 saturated carbocycles. The average molecular weight is 266 g/mol. The third-order valence-electron chi connectivity index (χ3n) is 3.33. The summed E-state index contributed by atoms with van der Waals surface area (Å²) in [5.74, 6) is -0.234. The van der Waals surface area contributed by atoms with E-state index in [1.54, 1.807) is 6.07 Å². The minimum atomic E-state index is -0.264. The molecule has 0 spiro atoms. The lowest BCUT2D eigenvalue weighted by molar-refractivity contribution is -0.133. The first-order valence-corrected chi connectivity index (χ1v) is 6.67. The van der Waals surface area contributed by atoms with Gasteiger partial charge in [-0.25, -0.2) is 4.39 Å². The number of morpholine rings is 1. The second-order valence-corrected chi connectivity index (χ2v) is 6.42. The molecule has 0 amide bonds. The molecule has 0 radical (unpaired) electrons. The van der Waals surface area contributed by atoms with Crippen molar-refractivity contribution >= 4 is 5.69 Å². The van der Waals surface area contributed by atoms with Crippen LogP contribution in [0.1, 0.15) is 33.3 Å². The van der Waals surface area contributed by atoms with Crippen LogP contribution in [0.3, 0.4) is 0 Å². The van der Waals surface area contributed by atoms with Gasteiger partial charge in [0.2, 0.25) is 0 Å². The number of ether oxygens (including phenoxy) is 1. The number of hydrogen-bond acceptors (Lipinski definition) is 3. The lowest BCUT2D eigenvalue weighted by atomic mass is 9.97. The van der Waals surface area contributed by atoms with Gasteiger partial charge in [0.15, 0.2) is 0 Å². The van der Waals surface area contributed by atoms with Crippen molar-refractivity contribution in [3.05, 3.63) is 29.6 Å². The predicted octanol–water partition coefficient (Wildman–Crippen LogP) is 2.68. The fourth-order valence-corrected chi connectivity index (χ4v) is 3.00. The fraction of sp³-hybridized carbons (Fsp3) is 0.600. The van der Waals surface area contributed by atoms with Crippen LogP contribution in [0.4, 0.5) is 10.1 Å². The predicted molar refractivity (Wildman–Crippen MR) is 75.7 cm³/mol. The highest BCUT2D eigenvalue weighted by atomic mass is 19.1. The highest BCUT2D eigenvalue weighted by molar-refractivity contribution is 5.55. The summed E-state index contributed by atoms with van der Waals surface area (Å²) >= 11 is 0. The van der Waals surface area contributed by atoms with Gasteiger partial charge in [-0.15, -0.1) is 0 Å². The van der Waals surface area contributed by atoms with Crippen LogP contribution in [0, 0.1) is 5.82 Å². The van der Waals surface area contributed by atoms with Crippen LogP contribution in [0.25, 0.3) is 0 Å². The van der Waals surface area contributed by atoms with Crippen molar-refractivity contribution in [3.8, 4) is 0 Å². The summed E-state index contributed by atoms with van der Waals surface area (Å²) in [5.41, 5.74) is 6.63. The summed E-state index contributed by atoms with van der Waals surface area (Å²) in [5, 5.41) is 0. The van der Waals surface area contributed by atoms with E-state index >= 15 is 0 Å². The van der Waals surface area contributed by atoms with Gasteiger partial charge in [0.1, 0.15) is 5.82 Å². The third kappa shape index (κ3) is 3.07. The summed E-state index contributed by atoms with van der Waals surface area (Å²) in [6.07, 6.45) is 0. The molecule has 1 aromatic rings. The lowest BCUT2D eigenvalue weighted by Gasteiger charge is -2.48. The number of rotatable bonds is 2. The Bertz CT molecular complexity index is 455. The molecule has 0 unspecified atom stereocenters. The van der Waals surface area contributed by atoms with E-state index < -0.39 is 0 Å². The first-order chi connectivity index (χ1) is 8.74. The number of nitrogens with two attached hydrogens (primary N) is 1. The van der Waals surface area contributed by atoms with E-state index in [2.05, 4.69) is 32.6 Å². The Morgan fingerprint density at radius 1 is 1.21 bits per heavy atom. The summed E-state index contributed by atoms with van der Waals surface area (Å²) in [7, 11) is 0. The molecule has 1 heterocycles. The minimum Gasteiger partial charge on any atom is -0.366 e. The molecule has 1 aromatic carbocycles. The van der Waals surface area contributed by atoms with E-state index in [9.17, 15) is 4.39 Å². The second kappa shape index (κ2) is 4.76. The normalized spacial score (nSPS) is 21.5. The molecule has 1 aliphatic heterocycles. The molecule has 106 valence electrons. The standard InChI is InChI=1S/C15H23FN2O/c1-14(2)9-18(10-15(3,4)19-14)13-7-5-6-12(16)11(13)8-17/h5-7H,8-10,17H2,1-4H3. The molecule has 0 aliphatic carbocycles. The highest BCUT2D eigenvalue weighted by Gasteiger charge is 2.38. The van der Waals surface area contributed by atoms with Gasteiger partial charge >= 0.3 is 0 Å². The molecule has 1 aliphatic rings. The Labute approximate surface area is 114 Å². The molecular formula is C15H23FN2O. The van der Waals surface area contributed by atoms with Crippen LogP contribution in [0.15, 0.2) is 18.2 Å². The quantitative estimate of drug-likeness (QED) is 0.894. The number of halogens is 1. The Morgan fingerprint density at radius 3 is 2.32 bits per heavy atom. The van der Waals surface area contributed by atoms with Crippen LogP contribution in [0.2, 0.25) is 0 Å². The fourth-order valence-electron chi connectivity index (χ4n) is 3.00. The Morgan fingerprint density at radius 2 is 1.79 bits per heavy atom. The van der Waals surface area contributed by atoms with Crippen LogP contribution in [-0.4, -0.2) is 24.3 Å². The van der Waals surface area contributed by atoms with E-state index in [-0.39, 0.29) is 23.6 Å². The first kappa shape index (κ1) is 14.3. The molecule has 0 atom stereocenters. The zero-order chi connectivity index (χ0) is 14.3. The van der Waals surface area contributed by atoms with Crippen molar-refractivity contribution in [2.24, 2.45) is 5.73 Å². The zero-order valence-corrected chi connectivity index (χ0v) is 12.2. The number of anilines is 1. The molecule has 0 aromatic heterocycles. The van der Waals surface area contributed by atoms with Gasteiger partial charge in [-0.05, 0) is 39.8 Å². The van der Waals surface area contributed by atoms with Gasteiger partial charge < -0.3 is 15.4 Å². The van der Waals surface area contributed by atoms with Gasteiger partial charge in [0, 0.05) is 30.9 Å². The first-order valence-electron chi connectivity index (χ1n) is 6.67. The lowest BCUT2D eigenvalue weighted by Crippen LogP contribution is -2.57. The molecule has 2 N–H and O–H groups in total. The van der Waals surface area contributed by atoms with E-state index in [1.165, 1.54) is 6.07 Å². The smallest absolute Gasteiger partial charge is 0.129 e. The van der Waals surface area contributed by atoms with Crippen molar-refractivity contribution in [1.29, 1.82) is 0 Å². The Kier molecular flexibility index (Phi) is 3.58. The molecule has 2 rings (SSSR count). The monoisotopic (exact) mass is 266 g/mol. The second-order valence-electron chi connectivity index (χ2n) is 6.42. The maximum absolute atomic E-state index is 13.9. The van der Waals surface area contributed by atoms with Crippen molar-refractivity contribution in [3.63, 3.8) is 0 Å². The molecule has 4 heteroatoms. The van der Waals surface area contributed by atoms with Gasteiger partial charge in [-0.3, -0.25) is 0 Å². The maximum atomic E-state index is 13.9.